The molecule has 1 saturated carbocycles. The van der Waals surface area contributed by atoms with Gasteiger partial charge in [0, 0.05) is 18.7 Å². The molecule has 4 heterocycles. The lowest BCUT2D eigenvalue weighted by Crippen LogP contribution is -2.51. The van der Waals surface area contributed by atoms with Crippen LogP contribution in [0.3, 0.4) is 0 Å². The van der Waals surface area contributed by atoms with Crippen LogP contribution >= 0.6 is 0 Å². The minimum atomic E-state index is -0.738. The van der Waals surface area contributed by atoms with E-state index < -0.39 is 30.3 Å². The van der Waals surface area contributed by atoms with Gasteiger partial charge in [-0.15, -0.1) is 0 Å². The first kappa shape index (κ1) is 40.3. The molecule has 3 aromatic carbocycles. The second-order valence-corrected chi connectivity index (χ2v) is 16.9. The van der Waals surface area contributed by atoms with Gasteiger partial charge in [0.2, 0.25) is 11.8 Å². The Hall–Kier alpha value is -6.44. The number of benzene rings is 3. The molecular weight excluding hydrogens is 761 g/mol. The van der Waals surface area contributed by atoms with Crippen LogP contribution in [0, 0.1) is 17.8 Å². The minimum Gasteiger partial charge on any atom is -0.453 e. The molecule has 3 aliphatic rings. The van der Waals surface area contributed by atoms with E-state index in [4.69, 9.17) is 19.4 Å². The number of H-pyrrole nitrogens is 2. The van der Waals surface area contributed by atoms with Gasteiger partial charge >= 0.3 is 12.2 Å². The number of imidazole rings is 2. The smallest absolute Gasteiger partial charge is 0.407 e. The number of aromatic nitrogens is 4. The molecule has 1 aliphatic carbocycles. The number of ether oxygens (including phenoxy) is 2. The van der Waals surface area contributed by atoms with Gasteiger partial charge in [-0.3, -0.25) is 9.59 Å². The van der Waals surface area contributed by atoms with Crippen LogP contribution < -0.4 is 10.6 Å². The van der Waals surface area contributed by atoms with Crippen molar-refractivity contribution in [3.63, 3.8) is 0 Å². The number of carbonyl (C=O) groups excluding carboxylic acids is 4. The van der Waals surface area contributed by atoms with Gasteiger partial charge in [0.1, 0.15) is 35.8 Å². The molecule has 5 aromatic rings. The fourth-order valence-corrected chi connectivity index (χ4v) is 8.35. The second-order valence-electron chi connectivity index (χ2n) is 16.9. The van der Waals surface area contributed by atoms with E-state index in [9.17, 15) is 19.2 Å². The van der Waals surface area contributed by atoms with Crippen LogP contribution in [0.1, 0.15) is 71.2 Å². The molecule has 4 atom stereocenters. The van der Waals surface area contributed by atoms with Crippen molar-refractivity contribution >= 4 is 45.8 Å². The summed E-state index contributed by atoms with van der Waals surface area (Å²) in [5, 5.41) is 7.57. The molecule has 8 rings (SSSR count). The van der Waals surface area contributed by atoms with E-state index in [-0.39, 0.29) is 29.7 Å². The maximum atomic E-state index is 14.0. The quantitative estimate of drug-likeness (QED) is 0.0988. The van der Waals surface area contributed by atoms with Gasteiger partial charge in [-0.1, -0.05) is 75.8 Å². The van der Waals surface area contributed by atoms with Crippen LogP contribution in [0.25, 0.3) is 44.2 Å². The molecule has 60 heavy (non-hydrogen) atoms. The fourth-order valence-electron chi connectivity index (χ4n) is 8.35. The van der Waals surface area contributed by atoms with Crippen LogP contribution in [0.4, 0.5) is 9.59 Å². The third-order valence-corrected chi connectivity index (χ3v) is 11.8. The summed E-state index contributed by atoms with van der Waals surface area (Å²) >= 11 is 0. The minimum absolute atomic E-state index is 0.135. The fraction of sp³-hybridized carbons (Fsp3) is 0.391. The summed E-state index contributed by atoms with van der Waals surface area (Å²) in [5.74, 6) is 1.18. The number of hydrogen-bond acceptors (Lipinski definition) is 8. The van der Waals surface area contributed by atoms with Crippen LogP contribution in [-0.2, 0) is 19.1 Å². The monoisotopic (exact) mass is 812 g/mol. The van der Waals surface area contributed by atoms with Crippen LogP contribution in [0.15, 0.2) is 84.1 Å². The third-order valence-electron chi connectivity index (χ3n) is 11.8. The Morgan fingerprint density at radius 1 is 0.717 bits per heavy atom. The van der Waals surface area contributed by atoms with E-state index in [0.717, 1.165) is 62.6 Å². The lowest BCUT2D eigenvalue weighted by Gasteiger charge is -2.30. The maximum Gasteiger partial charge on any atom is 0.407 e. The maximum absolute atomic E-state index is 14.0. The molecule has 1 fully saturated rings. The number of alkyl carbamates (subject to hydrolysis) is 2. The summed E-state index contributed by atoms with van der Waals surface area (Å²) in [6.45, 7) is 10.5. The number of hydrogen-bond donors (Lipinski definition) is 4. The number of nitrogens with one attached hydrogen (secondary N) is 4. The second kappa shape index (κ2) is 16.3. The lowest BCUT2D eigenvalue weighted by atomic mass is 9.99. The Balaban J connectivity index is 1.01. The van der Waals surface area contributed by atoms with E-state index in [1.807, 2.05) is 51.7 Å². The predicted molar refractivity (Wildman–Crippen MR) is 228 cm³/mol. The first-order chi connectivity index (χ1) is 28.8. The lowest BCUT2D eigenvalue weighted by molar-refractivity contribution is -0.135. The zero-order valence-corrected chi connectivity index (χ0v) is 35.0. The van der Waals surface area contributed by atoms with Crippen molar-refractivity contribution in [3.05, 3.63) is 95.7 Å². The predicted octanol–water partition coefficient (Wildman–Crippen LogP) is 7.58. The van der Waals surface area contributed by atoms with Gasteiger partial charge in [0.05, 0.1) is 37.1 Å². The number of amides is 4. The molecule has 14 heteroatoms. The van der Waals surface area contributed by atoms with E-state index in [2.05, 4.69) is 75.2 Å². The molecule has 312 valence electrons. The van der Waals surface area contributed by atoms with Gasteiger partial charge in [0.15, 0.2) is 0 Å². The third kappa shape index (κ3) is 7.97. The normalized spacial score (nSPS) is 18.8. The average molecular weight is 813 g/mol. The van der Waals surface area contributed by atoms with E-state index >= 15 is 0 Å². The molecule has 14 nitrogen and oxygen atoms in total. The van der Waals surface area contributed by atoms with E-state index in [1.165, 1.54) is 19.8 Å². The summed E-state index contributed by atoms with van der Waals surface area (Å²) in [6, 6.07) is 16.6. The summed E-state index contributed by atoms with van der Waals surface area (Å²) in [5.41, 5.74) is 7.83. The Morgan fingerprint density at radius 3 is 1.90 bits per heavy atom. The molecule has 2 aromatic heterocycles. The molecule has 4 N–H and O–H groups in total. The molecular formula is C46H52N8O6. The van der Waals surface area contributed by atoms with Crippen molar-refractivity contribution in [2.24, 2.45) is 17.8 Å². The average Bonchev–Trinajstić information content (AvgIpc) is 3.57. The number of nitrogens with zero attached hydrogens (tertiary/aromatic N) is 4. The molecule has 0 radical (unpaired) electrons. The largest absolute Gasteiger partial charge is 0.453 e. The highest BCUT2D eigenvalue weighted by molar-refractivity contribution is 5.92. The standard InChI is InChI=1S/C46H52N8O6/c1-24(2)39(51-45(57)59-6)43(55)53-22-26(5)16-37(53)41-47-21-36(50-41)32-13-12-28-17-29(10-11-30(28)18-32)31-14-15-34-35(19-31)49-42(48-34)38-20-33(27-8-9-27)23-54(38)44(56)40(25(3)4)52-46(58)60-7/h10-21,24-25,27,37-40H,8-9,22-23H2,1-7H3,(H,47,50)(H,48,49)(H,51,57)(H,52,58)/t37-,38-,39-,40-/m0/s1. The van der Waals surface area contributed by atoms with Gasteiger partial charge in [-0.05, 0) is 89.3 Å². The van der Waals surface area contributed by atoms with Crippen molar-refractivity contribution in [3.8, 4) is 22.4 Å². The van der Waals surface area contributed by atoms with Gasteiger partial charge in [0.25, 0.3) is 0 Å². The van der Waals surface area contributed by atoms with Crippen LogP contribution in [-0.4, -0.2) is 93.1 Å². The Kier molecular flexibility index (Phi) is 11.0. The molecule has 0 saturated heterocycles. The highest BCUT2D eigenvalue weighted by atomic mass is 16.5. The molecule has 4 amide bonds. The summed E-state index contributed by atoms with van der Waals surface area (Å²) < 4.78 is 9.61. The van der Waals surface area contributed by atoms with Crippen LogP contribution in [0.5, 0.6) is 0 Å². The molecule has 0 bridgehead atoms. The molecule has 2 aliphatic heterocycles. The van der Waals surface area contributed by atoms with Gasteiger partial charge in [-0.2, -0.15) is 0 Å². The van der Waals surface area contributed by atoms with Crippen molar-refractivity contribution in [2.75, 3.05) is 27.3 Å². The molecule has 0 unspecified atom stereocenters. The zero-order valence-electron chi connectivity index (χ0n) is 35.0. The number of carbonyl (C=O) groups is 4. The van der Waals surface area contributed by atoms with E-state index in [1.54, 1.807) is 11.1 Å². The van der Waals surface area contributed by atoms with Crippen molar-refractivity contribution in [2.45, 2.75) is 71.6 Å². The Bertz CT molecular complexity index is 2550. The van der Waals surface area contributed by atoms with Gasteiger partial charge < -0.3 is 39.9 Å². The number of fused-ring (bicyclic) bond motifs is 2. The first-order valence-corrected chi connectivity index (χ1v) is 20.6. The summed E-state index contributed by atoms with van der Waals surface area (Å²) in [6.07, 6.45) is 6.96. The Morgan fingerprint density at radius 2 is 1.28 bits per heavy atom. The van der Waals surface area contributed by atoms with Crippen LogP contribution in [0.2, 0.25) is 0 Å². The number of methoxy groups -OCH3 is 2. The highest BCUT2D eigenvalue weighted by Crippen LogP contribution is 2.43. The van der Waals surface area contributed by atoms with Gasteiger partial charge in [-0.25, -0.2) is 19.6 Å². The number of rotatable bonds is 11. The van der Waals surface area contributed by atoms with Crippen molar-refractivity contribution in [1.82, 2.24) is 40.4 Å². The zero-order chi connectivity index (χ0) is 42.4. The molecule has 0 spiro atoms. The Labute approximate surface area is 348 Å². The summed E-state index contributed by atoms with van der Waals surface area (Å²) in [4.78, 5) is 72.2. The first-order valence-electron chi connectivity index (χ1n) is 20.6. The van der Waals surface area contributed by atoms with Crippen molar-refractivity contribution < 1.29 is 28.7 Å². The topological polar surface area (TPSA) is 175 Å². The summed E-state index contributed by atoms with van der Waals surface area (Å²) in [7, 11) is 2.58. The van der Waals surface area contributed by atoms with E-state index in [0.29, 0.717) is 30.7 Å². The van der Waals surface area contributed by atoms with Crippen molar-refractivity contribution in [1.29, 1.82) is 0 Å². The SMILES string of the molecule is COC(=O)N[C@H](C(=O)N1CC(C)=C[C@H]1c1ncc(-c2ccc3cc(-c4ccc5nc([C@@H]6C=C(C7CC7)CN6C(=O)[C@@H](NC(=O)OC)C(C)C)[nH]c5c4)ccc3c2)[nH]1)C(C)C. The highest BCUT2D eigenvalue weighted by Gasteiger charge is 2.41. The number of aromatic amines is 2.